The van der Waals surface area contributed by atoms with E-state index in [4.69, 9.17) is 4.74 Å². The van der Waals surface area contributed by atoms with Crippen LogP contribution in [0.5, 0.6) is 5.75 Å². The summed E-state index contributed by atoms with van der Waals surface area (Å²) in [5.74, 6) is 0.935. The lowest BCUT2D eigenvalue weighted by atomic mass is 9.88. The van der Waals surface area contributed by atoms with E-state index in [2.05, 4.69) is 24.5 Å². The number of anilines is 1. The van der Waals surface area contributed by atoms with E-state index in [1.165, 1.54) is 16.2 Å². The highest BCUT2D eigenvalue weighted by Crippen LogP contribution is 2.39. The molecule has 0 bridgehead atoms. The van der Waals surface area contributed by atoms with Crippen LogP contribution in [0.2, 0.25) is 0 Å². The molecule has 0 fully saturated rings. The molecule has 0 aliphatic heterocycles. The first-order valence-corrected chi connectivity index (χ1v) is 11.3. The van der Waals surface area contributed by atoms with E-state index in [9.17, 15) is 9.59 Å². The molecule has 6 heteroatoms. The van der Waals surface area contributed by atoms with Crippen molar-refractivity contribution in [2.75, 3.05) is 19.0 Å². The van der Waals surface area contributed by atoms with Crippen molar-refractivity contribution in [3.05, 3.63) is 45.8 Å². The van der Waals surface area contributed by atoms with Gasteiger partial charge in [-0.1, -0.05) is 32.8 Å². The molecule has 0 radical (unpaired) electrons. The first-order valence-electron chi connectivity index (χ1n) is 10.4. The number of hydrogen-bond donors (Lipinski definition) is 2. The van der Waals surface area contributed by atoms with Gasteiger partial charge in [-0.3, -0.25) is 9.59 Å². The van der Waals surface area contributed by atoms with E-state index in [0.29, 0.717) is 34.4 Å². The van der Waals surface area contributed by atoms with Gasteiger partial charge in [-0.05, 0) is 55.4 Å². The molecule has 2 N–H and O–H groups in total. The Morgan fingerprint density at radius 3 is 2.83 bits per heavy atom. The Morgan fingerprint density at radius 1 is 1.24 bits per heavy atom. The minimum Gasteiger partial charge on any atom is -0.494 e. The molecule has 1 aliphatic rings. The maximum atomic E-state index is 12.9. The number of ether oxygens (including phenoxy) is 1. The fourth-order valence-corrected chi connectivity index (χ4v) is 5.05. The van der Waals surface area contributed by atoms with Crippen molar-refractivity contribution in [2.24, 2.45) is 5.92 Å². The average molecular weight is 415 g/mol. The SMILES string of the molecule is CCCCCOc1cccc(C(=O)Nc2sc3c(c2C(=O)NC)CCC(C)C3)c1. The predicted molar refractivity (Wildman–Crippen MR) is 118 cm³/mol. The van der Waals surface area contributed by atoms with Gasteiger partial charge in [0.2, 0.25) is 0 Å². The number of unbranched alkanes of at least 4 members (excludes halogenated alkanes) is 2. The van der Waals surface area contributed by atoms with Gasteiger partial charge < -0.3 is 15.4 Å². The number of thiophene rings is 1. The third kappa shape index (κ3) is 5.18. The Kier molecular flexibility index (Phi) is 7.31. The van der Waals surface area contributed by atoms with Crippen molar-refractivity contribution < 1.29 is 14.3 Å². The van der Waals surface area contributed by atoms with Crippen LogP contribution in [0.3, 0.4) is 0 Å². The van der Waals surface area contributed by atoms with Crippen LogP contribution in [0.4, 0.5) is 5.00 Å². The minimum atomic E-state index is -0.221. The molecule has 1 heterocycles. The van der Waals surface area contributed by atoms with E-state index in [-0.39, 0.29) is 11.8 Å². The molecule has 1 aromatic heterocycles. The summed E-state index contributed by atoms with van der Waals surface area (Å²) in [5.41, 5.74) is 2.25. The lowest BCUT2D eigenvalue weighted by molar-refractivity contribution is 0.0963. The molecule has 3 rings (SSSR count). The molecule has 0 saturated carbocycles. The van der Waals surface area contributed by atoms with Crippen LogP contribution in [0.25, 0.3) is 0 Å². The highest BCUT2D eigenvalue weighted by Gasteiger charge is 2.28. The molecule has 1 unspecified atom stereocenters. The van der Waals surface area contributed by atoms with Crippen LogP contribution in [0.1, 0.15) is 70.7 Å². The molecule has 1 aliphatic carbocycles. The van der Waals surface area contributed by atoms with Crippen molar-refractivity contribution in [3.63, 3.8) is 0 Å². The summed E-state index contributed by atoms with van der Waals surface area (Å²) < 4.78 is 5.77. The zero-order valence-electron chi connectivity index (χ0n) is 17.5. The Labute approximate surface area is 176 Å². The van der Waals surface area contributed by atoms with E-state index in [1.807, 2.05) is 12.1 Å². The molecule has 1 aromatic carbocycles. The topological polar surface area (TPSA) is 67.4 Å². The number of benzene rings is 1. The third-order valence-corrected chi connectivity index (χ3v) is 6.48. The maximum absolute atomic E-state index is 12.9. The summed E-state index contributed by atoms with van der Waals surface area (Å²) in [7, 11) is 1.63. The number of nitrogens with one attached hydrogen (secondary N) is 2. The van der Waals surface area contributed by atoms with Crippen molar-refractivity contribution in [1.82, 2.24) is 5.32 Å². The highest BCUT2D eigenvalue weighted by molar-refractivity contribution is 7.17. The van der Waals surface area contributed by atoms with Gasteiger partial charge in [0, 0.05) is 17.5 Å². The molecule has 2 aromatic rings. The third-order valence-electron chi connectivity index (χ3n) is 5.31. The van der Waals surface area contributed by atoms with Crippen molar-refractivity contribution in [3.8, 4) is 5.75 Å². The Morgan fingerprint density at radius 2 is 2.07 bits per heavy atom. The van der Waals surface area contributed by atoms with Crippen molar-refractivity contribution in [1.29, 1.82) is 0 Å². The van der Waals surface area contributed by atoms with Gasteiger partial charge in [-0.15, -0.1) is 11.3 Å². The van der Waals surface area contributed by atoms with Gasteiger partial charge in [0.1, 0.15) is 10.8 Å². The smallest absolute Gasteiger partial charge is 0.256 e. The number of carbonyl (C=O) groups is 2. The fourth-order valence-electron chi connectivity index (χ4n) is 3.65. The molecule has 1 atom stereocenters. The first kappa shape index (κ1) is 21.4. The predicted octanol–water partition coefficient (Wildman–Crippen LogP) is 5.05. The largest absolute Gasteiger partial charge is 0.494 e. The summed E-state index contributed by atoms with van der Waals surface area (Å²) in [4.78, 5) is 26.6. The summed E-state index contributed by atoms with van der Waals surface area (Å²) in [6, 6.07) is 7.22. The molecular weight excluding hydrogens is 384 g/mol. The van der Waals surface area contributed by atoms with Gasteiger partial charge in [0.25, 0.3) is 11.8 Å². The second kappa shape index (κ2) is 9.92. The van der Waals surface area contributed by atoms with Crippen LogP contribution in [0, 0.1) is 5.92 Å². The van der Waals surface area contributed by atoms with Gasteiger partial charge in [-0.25, -0.2) is 0 Å². The average Bonchev–Trinajstić information content (AvgIpc) is 3.07. The number of fused-ring (bicyclic) bond motifs is 1. The monoisotopic (exact) mass is 414 g/mol. The Balaban J connectivity index is 1.78. The summed E-state index contributed by atoms with van der Waals surface area (Å²) in [6.07, 6.45) is 6.18. The summed E-state index contributed by atoms with van der Waals surface area (Å²) in [6.45, 7) is 5.03. The van der Waals surface area contributed by atoms with Crippen LogP contribution < -0.4 is 15.4 Å². The van der Waals surface area contributed by atoms with Gasteiger partial charge >= 0.3 is 0 Å². The van der Waals surface area contributed by atoms with Crippen molar-refractivity contribution in [2.45, 2.75) is 52.4 Å². The molecule has 2 amide bonds. The number of hydrogen-bond acceptors (Lipinski definition) is 4. The zero-order chi connectivity index (χ0) is 20.8. The summed E-state index contributed by atoms with van der Waals surface area (Å²) >= 11 is 1.53. The van der Waals surface area contributed by atoms with Crippen molar-refractivity contribution >= 4 is 28.2 Å². The molecule has 5 nitrogen and oxygen atoms in total. The molecule has 156 valence electrons. The van der Waals surface area contributed by atoms with Gasteiger partial charge in [0.15, 0.2) is 0 Å². The van der Waals surface area contributed by atoms with E-state index >= 15 is 0 Å². The second-order valence-corrected chi connectivity index (χ2v) is 8.78. The highest BCUT2D eigenvalue weighted by atomic mass is 32.1. The second-order valence-electron chi connectivity index (χ2n) is 7.67. The lowest BCUT2D eigenvalue weighted by Gasteiger charge is -2.18. The van der Waals surface area contributed by atoms with E-state index < -0.39 is 0 Å². The summed E-state index contributed by atoms with van der Waals surface area (Å²) in [5, 5.41) is 6.34. The van der Waals surface area contributed by atoms with Crippen LogP contribution in [-0.4, -0.2) is 25.5 Å². The fraction of sp³-hybridized carbons (Fsp3) is 0.478. The van der Waals surface area contributed by atoms with E-state index in [1.54, 1.807) is 19.2 Å². The van der Waals surface area contributed by atoms with E-state index in [0.717, 1.165) is 44.1 Å². The molecular formula is C23H30N2O3S. The Bertz CT molecular complexity index is 875. The molecule has 0 saturated heterocycles. The van der Waals surface area contributed by atoms with Crippen LogP contribution in [-0.2, 0) is 12.8 Å². The molecule has 29 heavy (non-hydrogen) atoms. The normalized spacial score (nSPS) is 15.5. The van der Waals surface area contributed by atoms with Gasteiger partial charge in [0.05, 0.1) is 12.2 Å². The number of carbonyl (C=O) groups excluding carboxylic acids is 2. The first-order chi connectivity index (χ1) is 14.0. The lowest BCUT2D eigenvalue weighted by Crippen LogP contribution is -2.22. The molecule has 0 spiro atoms. The quantitative estimate of drug-likeness (QED) is 0.594. The number of rotatable bonds is 8. The van der Waals surface area contributed by atoms with Gasteiger partial charge in [-0.2, -0.15) is 0 Å². The van der Waals surface area contributed by atoms with Crippen LogP contribution >= 0.6 is 11.3 Å². The van der Waals surface area contributed by atoms with Crippen LogP contribution in [0.15, 0.2) is 24.3 Å². The maximum Gasteiger partial charge on any atom is 0.256 e. The Hall–Kier alpha value is -2.34. The minimum absolute atomic E-state index is 0.139. The number of amides is 2. The standard InChI is InChI=1S/C23H30N2O3S/c1-4-5-6-12-28-17-9-7-8-16(14-17)21(26)25-23-20(22(27)24-3)18-11-10-15(2)13-19(18)29-23/h7-9,14-15H,4-6,10-13H2,1-3H3,(H,24,27)(H,25,26). The zero-order valence-corrected chi connectivity index (χ0v) is 18.3.